The van der Waals surface area contributed by atoms with Crippen LogP contribution in [-0.2, 0) is 11.4 Å². The highest BCUT2D eigenvalue weighted by Gasteiger charge is 2.12. The summed E-state index contributed by atoms with van der Waals surface area (Å²) in [4.78, 5) is 16.2. The number of carboxylic acids is 1. The first kappa shape index (κ1) is 13.7. The topological polar surface area (TPSA) is 58.9 Å². The van der Waals surface area contributed by atoms with E-state index in [4.69, 9.17) is 9.94 Å². The third-order valence-electron chi connectivity index (χ3n) is 2.29. The van der Waals surface area contributed by atoms with Gasteiger partial charge >= 0.3 is 5.97 Å². The summed E-state index contributed by atoms with van der Waals surface area (Å²) in [7, 11) is 0. The molecule has 5 heteroatoms. The van der Waals surface area contributed by atoms with Gasteiger partial charge in [-0.05, 0) is 25.5 Å². The van der Waals surface area contributed by atoms with E-state index in [9.17, 15) is 4.79 Å². The Hall–Kier alpha value is -1.36. The summed E-state index contributed by atoms with van der Waals surface area (Å²) in [6.45, 7) is 3.97. The average Bonchev–Trinajstić information content (AvgIpc) is 2.30. The molecule has 92 valence electrons. The van der Waals surface area contributed by atoms with Crippen LogP contribution in [-0.4, -0.2) is 16.8 Å². The summed E-state index contributed by atoms with van der Waals surface area (Å²) in [6.07, 6.45) is 0.807. The summed E-state index contributed by atoms with van der Waals surface area (Å²) < 4.78 is 0.710. The predicted octanol–water partition coefficient (Wildman–Crippen LogP) is 3.45. The van der Waals surface area contributed by atoms with Crippen LogP contribution in [0.4, 0.5) is 0 Å². The van der Waals surface area contributed by atoms with Crippen LogP contribution >= 0.6 is 15.9 Å². The van der Waals surface area contributed by atoms with Crippen molar-refractivity contribution in [2.75, 3.05) is 0 Å². The number of aromatic carboxylic acids is 1. The number of hydrogen-bond donors (Lipinski definition) is 1. The van der Waals surface area contributed by atoms with Crippen molar-refractivity contribution in [3.63, 3.8) is 0 Å². The lowest BCUT2D eigenvalue weighted by Gasteiger charge is -2.07. The van der Waals surface area contributed by atoms with Gasteiger partial charge in [0.2, 0.25) is 0 Å². The molecule has 0 amide bonds. The van der Waals surface area contributed by atoms with Gasteiger partial charge in [0, 0.05) is 10.0 Å². The van der Waals surface area contributed by atoms with Crippen molar-refractivity contribution < 1.29 is 14.7 Å². The molecule has 0 aliphatic heterocycles. The van der Waals surface area contributed by atoms with E-state index in [0.29, 0.717) is 10.0 Å². The Labute approximate surface area is 108 Å². The second kappa shape index (κ2) is 6.39. The number of oxime groups is 1. The molecule has 1 rings (SSSR count). The van der Waals surface area contributed by atoms with Crippen LogP contribution in [0.25, 0.3) is 0 Å². The highest BCUT2D eigenvalue weighted by atomic mass is 79.9. The van der Waals surface area contributed by atoms with E-state index < -0.39 is 5.97 Å². The van der Waals surface area contributed by atoms with Crippen molar-refractivity contribution in [2.24, 2.45) is 5.16 Å². The Morgan fingerprint density at radius 1 is 1.53 bits per heavy atom. The highest BCUT2D eigenvalue weighted by molar-refractivity contribution is 9.10. The minimum absolute atomic E-state index is 0.139. The molecule has 0 radical (unpaired) electrons. The van der Waals surface area contributed by atoms with Crippen molar-refractivity contribution in [1.82, 2.24) is 0 Å². The van der Waals surface area contributed by atoms with Crippen molar-refractivity contribution in [2.45, 2.75) is 26.9 Å². The lowest BCUT2D eigenvalue weighted by Crippen LogP contribution is -2.04. The molecule has 0 heterocycles. The zero-order valence-electron chi connectivity index (χ0n) is 9.74. The van der Waals surface area contributed by atoms with E-state index in [0.717, 1.165) is 12.1 Å². The van der Waals surface area contributed by atoms with Crippen molar-refractivity contribution in [3.05, 3.63) is 33.8 Å². The maximum Gasteiger partial charge on any atom is 0.336 e. The first-order valence-corrected chi connectivity index (χ1v) is 6.01. The molecule has 0 aliphatic carbocycles. The Morgan fingerprint density at radius 3 is 2.82 bits per heavy atom. The summed E-state index contributed by atoms with van der Waals surface area (Å²) in [5.74, 6) is -0.971. The first-order valence-electron chi connectivity index (χ1n) is 5.22. The van der Waals surface area contributed by atoms with Gasteiger partial charge in [0.1, 0.15) is 6.61 Å². The van der Waals surface area contributed by atoms with Gasteiger partial charge in [-0.25, -0.2) is 4.79 Å². The van der Waals surface area contributed by atoms with Crippen molar-refractivity contribution in [3.8, 4) is 0 Å². The smallest absolute Gasteiger partial charge is 0.336 e. The van der Waals surface area contributed by atoms with E-state index in [1.165, 1.54) is 0 Å². The lowest BCUT2D eigenvalue weighted by molar-refractivity contribution is 0.0688. The number of carboxylic acid groups (broad SMARTS) is 1. The van der Waals surface area contributed by atoms with Crippen molar-refractivity contribution in [1.29, 1.82) is 0 Å². The first-order chi connectivity index (χ1) is 8.06. The molecule has 0 atom stereocenters. The molecule has 0 saturated carbocycles. The monoisotopic (exact) mass is 299 g/mol. The van der Waals surface area contributed by atoms with Gasteiger partial charge in [-0.2, -0.15) is 0 Å². The third-order valence-corrected chi connectivity index (χ3v) is 3.03. The third kappa shape index (κ3) is 3.85. The molecular formula is C12H14BrNO3. The molecule has 0 saturated heterocycles. The molecular weight excluding hydrogens is 286 g/mol. The summed E-state index contributed by atoms with van der Waals surface area (Å²) in [5, 5.41) is 12.9. The number of hydrogen-bond acceptors (Lipinski definition) is 3. The summed E-state index contributed by atoms with van der Waals surface area (Å²) >= 11 is 3.31. The Balaban J connectivity index is 2.86. The predicted molar refractivity (Wildman–Crippen MR) is 69.3 cm³/mol. The molecule has 4 nitrogen and oxygen atoms in total. The largest absolute Gasteiger partial charge is 0.478 e. The van der Waals surface area contributed by atoms with E-state index in [2.05, 4.69) is 21.1 Å². The molecule has 0 unspecified atom stereocenters. The molecule has 0 spiro atoms. The number of nitrogens with zero attached hydrogens (tertiary/aromatic N) is 1. The van der Waals surface area contributed by atoms with E-state index in [1.54, 1.807) is 18.2 Å². The van der Waals surface area contributed by atoms with Crippen LogP contribution in [0.15, 0.2) is 27.8 Å². The van der Waals surface area contributed by atoms with Crippen LogP contribution in [0.1, 0.15) is 36.2 Å². The highest BCUT2D eigenvalue weighted by Crippen LogP contribution is 2.21. The fourth-order valence-corrected chi connectivity index (χ4v) is 1.66. The standard InChI is InChI=1S/C12H14BrNO3/c1-3-8(2)14-17-7-10-9(12(15)16)5-4-6-11(10)13/h4-6H,3,7H2,1-2H3,(H,15,16). The molecule has 1 aromatic rings. The van der Waals surface area contributed by atoms with Gasteiger partial charge < -0.3 is 9.94 Å². The molecule has 0 aromatic heterocycles. The van der Waals surface area contributed by atoms with Gasteiger partial charge in [0.25, 0.3) is 0 Å². The van der Waals surface area contributed by atoms with Crippen LogP contribution < -0.4 is 0 Å². The van der Waals surface area contributed by atoms with E-state index >= 15 is 0 Å². The van der Waals surface area contributed by atoms with Gasteiger partial charge in [-0.15, -0.1) is 0 Å². The fraction of sp³-hybridized carbons (Fsp3) is 0.333. The number of benzene rings is 1. The second-order valence-corrected chi connectivity index (χ2v) is 4.38. The molecule has 1 aromatic carbocycles. The van der Waals surface area contributed by atoms with Crippen LogP contribution in [0.2, 0.25) is 0 Å². The average molecular weight is 300 g/mol. The summed E-state index contributed by atoms with van der Waals surface area (Å²) in [5.41, 5.74) is 1.69. The number of halogens is 1. The van der Waals surface area contributed by atoms with Gasteiger partial charge in [0.05, 0.1) is 11.3 Å². The Morgan fingerprint density at radius 2 is 2.24 bits per heavy atom. The van der Waals surface area contributed by atoms with E-state index in [-0.39, 0.29) is 12.2 Å². The summed E-state index contributed by atoms with van der Waals surface area (Å²) in [6, 6.07) is 5.00. The van der Waals surface area contributed by atoms with Crippen LogP contribution in [0.5, 0.6) is 0 Å². The molecule has 0 bridgehead atoms. The fourth-order valence-electron chi connectivity index (χ4n) is 1.18. The maximum absolute atomic E-state index is 11.0. The zero-order valence-corrected chi connectivity index (χ0v) is 11.3. The quantitative estimate of drug-likeness (QED) is 0.669. The zero-order chi connectivity index (χ0) is 12.8. The van der Waals surface area contributed by atoms with E-state index in [1.807, 2.05) is 13.8 Å². The maximum atomic E-state index is 11.0. The number of carbonyl (C=O) groups is 1. The van der Waals surface area contributed by atoms with Crippen LogP contribution in [0.3, 0.4) is 0 Å². The minimum Gasteiger partial charge on any atom is -0.478 e. The molecule has 0 aliphatic rings. The molecule has 17 heavy (non-hydrogen) atoms. The molecule has 1 N–H and O–H groups in total. The van der Waals surface area contributed by atoms with Crippen molar-refractivity contribution >= 4 is 27.6 Å². The van der Waals surface area contributed by atoms with Gasteiger partial charge in [0.15, 0.2) is 0 Å². The van der Waals surface area contributed by atoms with Gasteiger partial charge in [-0.3, -0.25) is 0 Å². The normalized spacial score (nSPS) is 11.4. The molecule has 0 fully saturated rings. The lowest BCUT2D eigenvalue weighted by atomic mass is 10.1. The Bertz CT molecular complexity index is 443. The minimum atomic E-state index is -0.971. The SMILES string of the molecule is CCC(C)=NOCc1c(Br)cccc1C(=O)O. The van der Waals surface area contributed by atoms with Gasteiger partial charge in [-0.1, -0.05) is 34.1 Å². The van der Waals surface area contributed by atoms with Crippen LogP contribution in [0, 0.1) is 0 Å². The number of rotatable bonds is 5. The second-order valence-electron chi connectivity index (χ2n) is 3.52. The Kier molecular flexibility index (Phi) is 5.15.